The van der Waals surface area contributed by atoms with Crippen molar-refractivity contribution < 1.29 is 23.9 Å². The van der Waals surface area contributed by atoms with Crippen molar-refractivity contribution in [2.75, 3.05) is 0 Å². The number of ketones is 1. The Labute approximate surface area is 181 Å². The van der Waals surface area contributed by atoms with E-state index in [-0.39, 0.29) is 5.04 Å². The monoisotopic (exact) mass is 483 g/mol. The molecule has 1 unspecified atom stereocenters. The van der Waals surface area contributed by atoms with Crippen LogP contribution in [0.2, 0.25) is 18.1 Å². The quantitative estimate of drug-likeness (QED) is 0.283. The molecule has 1 atom stereocenters. The normalized spacial score (nSPS) is 13.3. The van der Waals surface area contributed by atoms with E-state index in [1.165, 1.54) is 0 Å². The van der Waals surface area contributed by atoms with Gasteiger partial charge in [0.05, 0.1) is 14.8 Å². The summed E-state index contributed by atoms with van der Waals surface area (Å²) in [4.78, 5) is 28.5. The number of halogens is 1. The first-order chi connectivity index (χ1) is 13.0. The van der Waals surface area contributed by atoms with Gasteiger partial charge in [0.25, 0.3) is 14.1 Å². The summed E-state index contributed by atoms with van der Waals surface area (Å²) >= 11 is 3.49. The van der Waals surface area contributed by atoms with Crippen molar-refractivity contribution in [2.24, 2.45) is 0 Å². The van der Waals surface area contributed by atoms with Gasteiger partial charge in [-0.2, -0.15) is 0 Å². The van der Waals surface area contributed by atoms with E-state index in [0.29, 0.717) is 15.8 Å². The van der Waals surface area contributed by atoms with Crippen molar-refractivity contribution >= 4 is 42.3 Å². The third-order valence-electron chi connectivity index (χ3n) is 5.08. The van der Waals surface area contributed by atoms with E-state index in [9.17, 15) is 14.7 Å². The number of amides is 1. The predicted octanol–water partition coefficient (Wildman–Crippen LogP) is 4.20. The topological polar surface area (TPSA) is 108 Å². The Balaban J connectivity index is 3.49. The van der Waals surface area contributed by atoms with E-state index in [2.05, 4.69) is 54.6 Å². The van der Waals surface area contributed by atoms with Gasteiger partial charge in [-0.25, -0.2) is 0 Å². The fourth-order valence-corrected chi connectivity index (χ4v) is 4.20. The number of Topliss-reactive ketones (excluding diaryl/α,β-unsaturated/α-hetero) is 1. The van der Waals surface area contributed by atoms with Gasteiger partial charge in [-0.15, -0.1) is 0 Å². The van der Waals surface area contributed by atoms with Gasteiger partial charge in [0.15, 0.2) is 0 Å². The first-order valence-corrected chi connectivity index (χ1v) is 13.0. The molecule has 0 spiro atoms. The number of carbonyl (C=O) groups is 2. The van der Waals surface area contributed by atoms with Crippen LogP contribution in [0, 0.1) is 5.53 Å². The summed E-state index contributed by atoms with van der Waals surface area (Å²) < 4.78 is 6.94. The largest absolute Gasteiger partial charge is 0.543 e. The molecule has 1 N–H and O–H groups in total. The average molecular weight is 484 g/mol. The lowest BCUT2D eigenvalue weighted by molar-refractivity contribution is -0.273. The summed E-state index contributed by atoms with van der Waals surface area (Å²) in [5.41, 5.74) is 6.50. The maximum Gasteiger partial charge on any atom is 0.375 e. The molecule has 1 amide bonds. The highest BCUT2D eigenvalue weighted by Crippen LogP contribution is 2.40. The fraction of sp³-hybridized carbons (Fsp3) is 0.550. The van der Waals surface area contributed by atoms with Gasteiger partial charge in [0, 0.05) is 5.54 Å². The number of nitrogens with zero attached hydrogens (tertiary/aromatic N) is 2. The summed E-state index contributed by atoms with van der Waals surface area (Å²) in [5.74, 6) is 0.0144. The molecule has 0 aliphatic rings. The number of rotatable bonds is 6. The molecule has 0 radical (unpaired) electrons. The van der Waals surface area contributed by atoms with E-state index >= 15 is 0 Å². The highest BCUT2D eigenvalue weighted by molar-refractivity contribution is 9.10. The van der Waals surface area contributed by atoms with E-state index in [4.69, 9.17) is 9.96 Å². The van der Waals surface area contributed by atoms with E-state index in [1.54, 1.807) is 39.0 Å². The molecule has 0 aromatic heterocycles. The van der Waals surface area contributed by atoms with Crippen LogP contribution >= 0.6 is 15.9 Å². The van der Waals surface area contributed by atoms with Crippen molar-refractivity contribution in [3.05, 3.63) is 28.2 Å². The maximum absolute atomic E-state index is 12.7. The second-order valence-electron chi connectivity index (χ2n) is 9.42. The molecular weight excluding hydrogens is 454 g/mol. The molecule has 9 heteroatoms. The number of benzene rings is 1. The van der Waals surface area contributed by atoms with Gasteiger partial charge in [-0.05, 0) is 72.5 Å². The van der Waals surface area contributed by atoms with Crippen LogP contribution < -0.4 is 9.53 Å². The summed E-state index contributed by atoms with van der Waals surface area (Å²) in [5, 5.41) is 11.9. The third-order valence-corrected chi connectivity index (χ3v) is 10.0. The zero-order chi connectivity index (χ0) is 22.8. The Morgan fingerprint density at radius 1 is 1.24 bits per heavy atom. The molecule has 0 saturated heterocycles. The number of carbonyl (C=O) groups excluding carboxylic acids is 2. The van der Waals surface area contributed by atoms with Gasteiger partial charge in [0.1, 0.15) is 17.9 Å². The SMILES string of the molecule is CC(C)(C)N(C(=O)[O-])C(C(=O)C=[N+]=N)c1ccc(O[Si](C)(C)C(C)(C)C)c(Br)c1. The Morgan fingerprint density at radius 2 is 1.79 bits per heavy atom. The second kappa shape index (κ2) is 8.81. The number of hydrogen-bond acceptors (Lipinski definition) is 5. The van der Waals surface area contributed by atoms with Crippen LogP contribution in [-0.2, 0) is 4.79 Å². The van der Waals surface area contributed by atoms with Crippen LogP contribution in [0.1, 0.15) is 53.1 Å². The van der Waals surface area contributed by atoms with Crippen molar-refractivity contribution in [1.82, 2.24) is 4.90 Å². The summed E-state index contributed by atoms with van der Waals surface area (Å²) in [6.45, 7) is 15.7. The first-order valence-electron chi connectivity index (χ1n) is 9.25. The molecule has 0 aliphatic heterocycles. The molecule has 0 fully saturated rings. The lowest BCUT2D eigenvalue weighted by Crippen LogP contribution is -2.55. The van der Waals surface area contributed by atoms with Crippen molar-refractivity contribution in [3.63, 3.8) is 0 Å². The molecule has 0 aliphatic carbocycles. The zero-order valence-electron chi connectivity index (χ0n) is 18.3. The molecule has 1 rings (SSSR count). The summed E-state index contributed by atoms with van der Waals surface area (Å²) in [6, 6.07) is 3.88. The lowest BCUT2D eigenvalue weighted by Gasteiger charge is -2.42. The Bertz CT molecular complexity index is 837. The van der Waals surface area contributed by atoms with Gasteiger partial charge >= 0.3 is 6.21 Å². The average Bonchev–Trinajstić information content (AvgIpc) is 2.51. The molecule has 7 nitrogen and oxygen atoms in total. The molecule has 0 heterocycles. The standard InChI is InChI=1S/C20H30BrN3O4Si/c1-19(2,3)24(18(26)27)17(15(25)12-23-22)13-9-10-16(14(21)11-13)28-29(7,8)20(4,5)6/h9-12,17,22H,1-8H3. The summed E-state index contributed by atoms with van der Waals surface area (Å²) in [7, 11) is -2.08. The minimum Gasteiger partial charge on any atom is -0.543 e. The van der Waals surface area contributed by atoms with Gasteiger partial charge in [-0.3, -0.25) is 4.79 Å². The van der Waals surface area contributed by atoms with E-state index in [0.717, 1.165) is 11.1 Å². The molecule has 29 heavy (non-hydrogen) atoms. The van der Waals surface area contributed by atoms with Crippen LogP contribution in [0.4, 0.5) is 4.79 Å². The highest BCUT2D eigenvalue weighted by Gasteiger charge is 2.40. The Morgan fingerprint density at radius 3 is 2.17 bits per heavy atom. The number of nitrogens with one attached hydrogen (secondary N) is 1. The van der Waals surface area contributed by atoms with Crippen LogP contribution in [0.3, 0.4) is 0 Å². The molecule has 1 aromatic carbocycles. The van der Waals surface area contributed by atoms with Crippen LogP contribution in [0.25, 0.3) is 0 Å². The second-order valence-corrected chi connectivity index (χ2v) is 15.0. The smallest absolute Gasteiger partial charge is 0.375 e. The Kier molecular flexibility index (Phi) is 7.62. The van der Waals surface area contributed by atoms with Gasteiger partial charge in [0.2, 0.25) is 0 Å². The molecule has 160 valence electrons. The van der Waals surface area contributed by atoms with Gasteiger partial charge < -0.3 is 19.2 Å². The Hall–Kier alpha value is -1.96. The molecular formula is C20H30BrN3O4Si. The maximum atomic E-state index is 12.7. The van der Waals surface area contributed by atoms with Crippen LogP contribution in [0.15, 0.2) is 22.7 Å². The van der Waals surface area contributed by atoms with Crippen LogP contribution in [0.5, 0.6) is 5.75 Å². The minimum absolute atomic E-state index is 0.00616. The number of hydrogen-bond donors (Lipinski definition) is 1. The lowest BCUT2D eigenvalue weighted by atomic mass is 9.95. The summed E-state index contributed by atoms with van der Waals surface area (Å²) in [6.07, 6.45) is -0.674. The fourth-order valence-electron chi connectivity index (χ4n) is 2.54. The van der Waals surface area contributed by atoms with Crippen molar-refractivity contribution in [3.8, 4) is 5.75 Å². The predicted molar refractivity (Wildman–Crippen MR) is 116 cm³/mol. The van der Waals surface area contributed by atoms with Crippen LogP contribution in [-0.4, -0.2) is 41.6 Å². The first kappa shape index (κ1) is 25.1. The zero-order valence-corrected chi connectivity index (χ0v) is 20.9. The van der Waals surface area contributed by atoms with E-state index < -0.39 is 31.8 Å². The van der Waals surface area contributed by atoms with E-state index in [1.807, 2.05) is 0 Å². The third kappa shape index (κ3) is 6.01. The molecule has 1 aromatic rings. The number of carboxylic acid groups (broad SMARTS) is 1. The highest BCUT2D eigenvalue weighted by atomic mass is 79.9. The van der Waals surface area contributed by atoms with Crippen molar-refractivity contribution in [1.29, 1.82) is 5.53 Å². The molecule has 0 saturated carbocycles. The minimum atomic E-state index is -2.08. The molecule has 0 bridgehead atoms. The van der Waals surface area contributed by atoms with Crippen molar-refractivity contribution in [2.45, 2.75) is 71.3 Å². The van der Waals surface area contributed by atoms with Gasteiger partial charge in [-0.1, -0.05) is 26.8 Å².